The van der Waals surface area contributed by atoms with Crippen molar-refractivity contribution in [1.29, 1.82) is 0 Å². The van der Waals surface area contributed by atoms with E-state index in [1.165, 1.54) is 0 Å². The van der Waals surface area contributed by atoms with Gasteiger partial charge in [-0.2, -0.15) is 0 Å². The Hall–Kier alpha value is -0.930. The topological polar surface area (TPSA) is 112 Å². The van der Waals surface area contributed by atoms with Crippen LogP contribution in [-0.4, -0.2) is 63.3 Å². The quantitative estimate of drug-likeness (QED) is 0.586. The van der Waals surface area contributed by atoms with E-state index in [0.717, 1.165) is 12.8 Å². The van der Waals surface area contributed by atoms with E-state index in [0.29, 0.717) is 52.4 Å². The molecule has 0 saturated carbocycles. The van der Waals surface area contributed by atoms with Crippen molar-refractivity contribution >= 4 is 6.09 Å². The molecule has 2 heterocycles. The minimum absolute atomic E-state index is 0.172. The number of carboxylic acid groups (broad SMARTS) is 1. The molecule has 0 aromatic carbocycles. The fraction of sp³-hybridized carbons (Fsp3) is 0.929. The van der Waals surface area contributed by atoms with Crippen molar-refractivity contribution in [3.8, 4) is 0 Å². The SMILES string of the molecule is NCCCC1OCC2(CO1)COC(CCCNC(=O)O)OC2. The maximum atomic E-state index is 10.3. The van der Waals surface area contributed by atoms with Crippen molar-refractivity contribution in [3.05, 3.63) is 0 Å². The zero-order chi connectivity index (χ0) is 15.8. The lowest BCUT2D eigenvalue weighted by Crippen LogP contribution is -2.52. The van der Waals surface area contributed by atoms with Gasteiger partial charge < -0.3 is 35.1 Å². The molecule has 0 radical (unpaired) electrons. The Labute approximate surface area is 130 Å². The van der Waals surface area contributed by atoms with Crippen LogP contribution in [0.25, 0.3) is 0 Å². The molecule has 4 N–H and O–H groups in total. The molecule has 22 heavy (non-hydrogen) atoms. The highest BCUT2D eigenvalue weighted by Crippen LogP contribution is 2.31. The number of hydrogen-bond donors (Lipinski definition) is 3. The molecule has 0 unspecified atom stereocenters. The van der Waals surface area contributed by atoms with Gasteiger partial charge in [0.25, 0.3) is 0 Å². The third kappa shape index (κ3) is 5.36. The highest BCUT2D eigenvalue weighted by atomic mass is 16.7. The summed E-state index contributed by atoms with van der Waals surface area (Å²) < 4.78 is 22.9. The molecule has 2 fully saturated rings. The van der Waals surface area contributed by atoms with Crippen LogP contribution in [0.5, 0.6) is 0 Å². The number of ether oxygens (including phenoxy) is 4. The van der Waals surface area contributed by atoms with Gasteiger partial charge >= 0.3 is 6.09 Å². The van der Waals surface area contributed by atoms with E-state index in [2.05, 4.69) is 5.32 Å². The molecule has 8 nitrogen and oxygen atoms in total. The molecule has 2 aliphatic rings. The lowest BCUT2D eigenvalue weighted by Gasteiger charge is -2.43. The molecule has 2 aliphatic heterocycles. The number of nitrogens with one attached hydrogen (secondary N) is 1. The predicted molar refractivity (Wildman–Crippen MR) is 77.4 cm³/mol. The molecule has 0 aromatic heterocycles. The van der Waals surface area contributed by atoms with Crippen molar-refractivity contribution in [2.45, 2.75) is 38.3 Å². The summed E-state index contributed by atoms with van der Waals surface area (Å²) in [6, 6.07) is 0. The lowest BCUT2D eigenvalue weighted by molar-refractivity contribution is -0.304. The minimum Gasteiger partial charge on any atom is -0.465 e. The summed E-state index contributed by atoms with van der Waals surface area (Å²) in [5.41, 5.74) is 5.25. The molecule has 0 bridgehead atoms. The van der Waals surface area contributed by atoms with Gasteiger partial charge in [0.1, 0.15) is 0 Å². The first kappa shape index (κ1) is 17.4. The summed E-state index contributed by atoms with van der Waals surface area (Å²) in [6.07, 6.45) is 1.58. The van der Waals surface area contributed by atoms with E-state index in [1.807, 2.05) is 0 Å². The molecular weight excluding hydrogens is 292 g/mol. The van der Waals surface area contributed by atoms with Crippen LogP contribution in [0, 0.1) is 5.41 Å². The lowest BCUT2D eigenvalue weighted by atomic mass is 9.90. The number of nitrogens with two attached hydrogens (primary N) is 1. The number of hydrogen-bond acceptors (Lipinski definition) is 6. The summed E-state index contributed by atoms with van der Waals surface area (Å²) in [5, 5.41) is 10.8. The summed E-state index contributed by atoms with van der Waals surface area (Å²) in [5.74, 6) is 0. The zero-order valence-electron chi connectivity index (χ0n) is 12.8. The van der Waals surface area contributed by atoms with Crippen LogP contribution in [0.3, 0.4) is 0 Å². The van der Waals surface area contributed by atoms with Crippen molar-refractivity contribution < 1.29 is 28.8 Å². The highest BCUT2D eigenvalue weighted by Gasteiger charge is 2.41. The maximum absolute atomic E-state index is 10.3. The van der Waals surface area contributed by atoms with Crippen LogP contribution < -0.4 is 11.1 Å². The third-order valence-electron chi connectivity index (χ3n) is 3.84. The normalized spacial score (nSPS) is 32.0. The molecule has 1 amide bonds. The van der Waals surface area contributed by atoms with Gasteiger partial charge in [0.2, 0.25) is 0 Å². The fourth-order valence-corrected chi connectivity index (χ4v) is 2.51. The Bertz CT molecular complexity index is 336. The van der Waals surface area contributed by atoms with Gasteiger partial charge in [0.05, 0.1) is 31.8 Å². The molecule has 0 aromatic rings. The van der Waals surface area contributed by atoms with Gasteiger partial charge in [-0.05, 0) is 25.8 Å². The second-order valence-electron chi connectivity index (χ2n) is 5.91. The number of carbonyl (C=O) groups is 1. The summed E-state index contributed by atoms with van der Waals surface area (Å²) >= 11 is 0. The average Bonchev–Trinajstić information content (AvgIpc) is 2.53. The molecule has 1 spiro atoms. The second-order valence-corrected chi connectivity index (χ2v) is 5.91. The first-order valence-electron chi connectivity index (χ1n) is 7.77. The van der Waals surface area contributed by atoms with Gasteiger partial charge in [0, 0.05) is 13.0 Å². The molecule has 8 heteroatoms. The van der Waals surface area contributed by atoms with Gasteiger partial charge in [0.15, 0.2) is 12.6 Å². The third-order valence-corrected chi connectivity index (χ3v) is 3.84. The van der Waals surface area contributed by atoms with Crippen LogP contribution in [0.1, 0.15) is 25.7 Å². The minimum atomic E-state index is -1.01. The molecule has 0 aliphatic carbocycles. The standard InChI is InChI=1S/C14H26N2O6/c15-5-1-3-11-19-7-14(8-20-11)9-21-12(22-10-14)4-2-6-16-13(17)18/h11-12,16H,1-10,15H2,(H,17,18). The van der Waals surface area contributed by atoms with E-state index >= 15 is 0 Å². The Morgan fingerprint density at radius 3 is 2.00 bits per heavy atom. The first-order valence-corrected chi connectivity index (χ1v) is 7.77. The number of amides is 1. The Balaban J connectivity index is 1.61. The van der Waals surface area contributed by atoms with Gasteiger partial charge in [-0.1, -0.05) is 0 Å². The highest BCUT2D eigenvalue weighted by molar-refractivity contribution is 5.64. The predicted octanol–water partition coefficient (Wildman–Crippen LogP) is 0.505. The fourth-order valence-electron chi connectivity index (χ4n) is 2.51. The summed E-state index contributed by atoms with van der Waals surface area (Å²) in [7, 11) is 0. The van der Waals surface area contributed by atoms with Crippen molar-refractivity contribution in [1.82, 2.24) is 5.32 Å². The Morgan fingerprint density at radius 1 is 1.05 bits per heavy atom. The van der Waals surface area contributed by atoms with Crippen LogP contribution in [0.15, 0.2) is 0 Å². The molecular formula is C14H26N2O6. The van der Waals surface area contributed by atoms with Crippen LogP contribution in [0.4, 0.5) is 4.79 Å². The van der Waals surface area contributed by atoms with Crippen molar-refractivity contribution in [3.63, 3.8) is 0 Å². The van der Waals surface area contributed by atoms with Gasteiger partial charge in [-0.15, -0.1) is 0 Å². The van der Waals surface area contributed by atoms with Gasteiger partial charge in [-0.3, -0.25) is 0 Å². The molecule has 128 valence electrons. The van der Waals surface area contributed by atoms with E-state index < -0.39 is 6.09 Å². The van der Waals surface area contributed by atoms with Crippen LogP contribution >= 0.6 is 0 Å². The van der Waals surface area contributed by atoms with Crippen LogP contribution in [0.2, 0.25) is 0 Å². The van der Waals surface area contributed by atoms with Gasteiger partial charge in [-0.25, -0.2) is 4.79 Å². The summed E-state index contributed by atoms with van der Waals surface area (Å²) in [4.78, 5) is 10.3. The van der Waals surface area contributed by atoms with E-state index in [4.69, 9.17) is 29.8 Å². The number of rotatable bonds is 7. The van der Waals surface area contributed by atoms with E-state index in [1.54, 1.807) is 0 Å². The van der Waals surface area contributed by atoms with Crippen LogP contribution in [-0.2, 0) is 18.9 Å². The monoisotopic (exact) mass is 318 g/mol. The molecule has 0 atom stereocenters. The Kier molecular flexibility index (Phi) is 6.84. The Morgan fingerprint density at radius 2 is 1.55 bits per heavy atom. The zero-order valence-corrected chi connectivity index (χ0v) is 12.8. The van der Waals surface area contributed by atoms with Crippen molar-refractivity contribution in [2.24, 2.45) is 11.1 Å². The first-order chi connectivity index (χ1) is 10.6. The summed E-state index contributed by atoms with van der Waals surface area (Å²) in [6.45, 7) is 3.24. The average molecular weight is 318 g/mol. The van der Waals surface area contributed by atoms with E-state index in [-0.39, 0.29) is 18.0 Å². The smallest absolute Gasteiger partial charge is 0.404 e. The van der Waals surface area contributed by atoms with Crippen molar-refractivity contribution in [2.75, 3.05) is 39.5 Å². The second kappa shape index (κ2) is 8.64. The largest absolute Gasteiger partial charge is 0.465 e. The molecule has 2 rings (SSSR count). The maximum Gasteiger partial charge on any atom is 0.404 e. The molecule has 2 saturated heterocycles. The van der Waals surface area contributed by atoms with E-state index in [9.17, 15) is 4.79 Å².